The van der Waals surface area contributed by atoms with Crippen molar-refractivity contribution in [3.63, 3.8) is 0 Å². The van der Waals surface area contributed by atoms with Crippen LogP contribution in [0.2, 0.25) is 0 Å². The fraction of sp³-hybridized carbons (Fsp3) is 0. The molecular weight excluding hydrogens is 454 g/mol. The Hall–Kier alpha value is -3.62. The summed E-state index contributed by atoms with van der Waals surface area (Å²) in [7, 11) is 0. The second-order valence-electron chi connectivity index (χ2n) is 8.71. The van der Waals surface area contributed by atoms with Crippen LogP contribution in [-0.4, -0.2) is 4.40 Å². The van der Waals surface area contributed by atoms with Crippen molar-refractivity contribution in [3.8, 4) is 0 Å². The topological polar surface area (TPSA) is 4.41 Å². The summed E-state index contributed by atoms with van der Waals surface area (Å²) in [5.74, 6) is 0. The van der Waals surface area contributed by atoms with Crippen LogP contribution in [0.25, 0.3) is 70.4 Å². The van der Waals surface area contributed by atoms with Crippen LogP contribution in [0.3, 0.4) is 0 Å². The van der Waals surface area contributed by atoms with Crippen molar-refractivity contribution in [2.24, 2.45) is 0 Å². The Morgan fingerprint density at radius 2 is 1.16 bits per heavy atom. The van der Waals surface area contributed by atoms with Crippen LogP contribution in [0.4, 0.5) is 0 Å². The molecule has 8 rings (SSSR count). The molecule has 2 heteroatoms. The maximum absolute atomic E-state index is 3.83. The Bertz CT molecular complexity index is 2040. The zero-order valence-corrected chi connectivity index (χ0v) is 18.6. The van der Waals surface area contributed by atoms with E-state index in [-0.39, 0.29) is 0 Å². The molecule has 0 aliphatic rings. The average molecular weight is 470 g/mol. The highest BCUT2D eigenvalue weighted by molar-refractivity contribution is 9.10. The summed E-state index contributed by atoms with van der Waals surface area (Å²) < 4.78 is 3.60. The van der Waals surface area contributed by atoms with Crippen LogP contribution in [0.5, 0.6) is 0 Å². The molecule has 0 radical (unpaired) electrons. The van der Waals surface area contributed by atoms with Crippen LogP contribution in [-0.2, 0) is 0 Å². The van der Waals surface area contributed by atoms with Crippen molar-refractivity contribution < 1.29 is 0 Å². The lowest BCUT2D eigenvalue weighted by atomic mass is 9.97. The predicted molar refractivity (Wildman–Crippen MR) is 141 cm³/mol. The Kier molecular flexibility index (Phi) is 3.07. The molecule has 148 valence electrons. The van der Waals surface area contributed by atoms with Gasteiger partial charge in [-0.15, -0.1) is 0 Å². The highest BCUT2D eigenvalue weighted by atomic mass is 79.9. The van der Waals surface area contributed by atoms with Gasteiger partial charge in [-0.25, -0.2) is 0 Å². The molecule has 0 bridgehead atoms. The van der Waals surface area contributed by atoms with Crippen molar-refractivity contribution in [1.82, 2.24) is 4.40 Å². The van der Waals surface area contributed by atoms with Gasteiger partial charge in [0, 0.05) is 26.0 Å². The highest BCUT2D eigenvalue weighted by Gasteiger charge is 2.19. The van der Waals surface area contributed by atoms with Gasteiger partial charge in [-0.05, 0) is 56.6 Å². The number of hydrogen-bond donors (Lipinski definition) is 0. The van der Waals surface area contributed by atoms with E-state index in [1.165, 1.54) is 70.4 Å². The lowest BCUT2D eigenvalue weighted by Gasteiger charge is -2.13. The monoisotopic (exact) mass is 469 g/mol. The summed E-state index contributed by atoms with van der Waals surface area (Å²) in [6, 6.07) is 35.7. The molecule has 0 aliphatic heterocycles. The zero-order chi connectivity index (χ0) is 21.0. The minimum absolute atomic E-state index is 1.12. The molecule has 8 aromatic rings. The minimum Gasteiger partial charge on any atom is -0.308 e. The fourth-order valence-corrected chi connectivity index (χ4v) is 6.34. The lowest BCUT2D eigenvalue weighted by Crippen LogP contribution is -1.92. The third kappa shape index (κ3) is 1.95. The second-order valence-corrected chi connectivity index (χ2v) is 9.62. The number of halogens is 1. The van der Waals surface area contributed by atoms with E-state index in [0.717, 1.165) is 4.47 Å². The number of fused-ring (bicyclic) bond motifs is 9. The SMILES string of the molecule is Brc1cc2c3cccc4cccc(c43)n3c4ccc5c6ccccc6ccc5c4c(c1)c23. The Morgan fingerprint density at radius 1 is 0.469 bits per heavy atom. The quantitative estimate of drug-likeness (QED) is 0.154. The van der Waals surface area contributed by atoms with Crippen LogP contribution >= 0.6 is 15.9 Å². The molecule has 0 saturated carbocycles. The third-order valence-corrected chi connectivity index (χ3v) is 7.58. The molecule has 6 aromatic carbocycles. The number of benzene rings is 6. The van der Waals surface area contributed by atoms with Gasteiger partial charge >= 0.3 is 0 Å². The van der Waals surface area contributed by atoms with E-state index in [0.29, 0.717) is 0 Å². The molecule has 0 N–H and O–H groups in total. The molecule has 2 heterocycles. The van der Waals surface area contributed by atoms with Gasteiger partial charge in [-0.2, -0.15) is 0 Å². The van der Waals surface area contributed by atoms with Gasteiger partial charge in [0.2, 0.25) is 0 Å². The first-order chi connectivity index (χ1) is 15.8. The molecule has 0 saturated heterocycles. The van der Waals surface area contributed by atoms with E-state index in [9.17, 15) is 0 Å². The van der Waals surface area contributed by atoms with E-state index in [1.54, 1.807) is 0 Å². The number of hydrogen-bond acceptors (Lipinski definition) is 0. The van der Waals surface area contributed by atoms with Crippen LogP contribution < -0.4 is 0 Å². The first-order valence-electron chi connectivity index (χ1n) is 10.9. The van der Waals surface area contributed by atoms with Gasteiger partial charge in [-0.3, -0.25) is 0 Å². The van der Waals surface area contributed by atoms with E-state index >= 15 is 0 Å². The molecule has 0 atom stereocenters. The second kappa shape index (κ2) is 5.79. The fourth-order valence-electron chi connectivity index (χ4n) is 5.88. The molecular formula is C30H16BrN. The van der Waals surface area contributed by atoms with Crippen LogP contribution in [0, 0.1) is 0 Å². The van der Waals surface area contributed by atoms with Gasteiger partial charge in [-0.1, -0.05) is 88.7 Å². The number of rotatable bonds is 0. The maximum Gasteiger partial charge on any atom is 0.0620 e. The van der Waals surface area contributed by atoms with Gasteiger partial charge in [0.05, 0.1) is 16.6 Å². The summed E-state index contributed by atoms with van der Waals surface area (Å²) in [6.45, 7) is 0. The maximum atomic E-state index is 3.83. The summed E-state index contributed by atoms with van der Waals surface area (Å²) in [4.78, 5) is 0. The third-order valence-electron chi connectivity index (χ3n) is 7.13. The Morgan fingerprint density at radius 3 is 2.09 bits per heavy atom. The summed E-state index contributed by atoms with van der Waals surface area (Å²) >= 11 is 3.83. The van der Waals surface area contributed by atoms with Crippen molar-refractivity contribution in [2.45, 2.75) is 0 Å². The predicted octanol–water partition coefficient (Wildman–Crippen LogP) is 9.06. The Balaban J connectivity index is 1.77. The molecule has 2 aromatic heterocycles. The normalized spacial score (nSPS) is 12.5. The van der Waals surface area contributed by atoms with E-state index < -0.39 is 0 Å². The number of nitrogens with zero attached hydrogens (tertiary/aromatic N) is 1. The molecule has 32 heavy (non-hydrogen) atoms. The van der Waals surface area contributed by atoms with Gasteiger partial charge in [0.15, 0.2) is 0 Å². The average Bonchev–Trinajstić information content (AvgIpc) is 3.17. The van der Waals surface area contributed by atoms with Gasteiger partial charge < -0.3 is 4.40 Å². The highest BCUT2D eigenvalue weighted by Crippen LogP contribution is 2.44. The summed E-state index contributed by atoms with van der Waals surface area (Å²) in [5.41, 5.74) is 3.84. The van der Waals surface area contributed by atoms with Crippen molar-refractivity contribution in [3.05, 3.63) is 102 Å². The van der Waals surface area contributed by atoms with E-state index in [4.69, 9.17) is 0 Å². The Labute approximate surface area is 191 Å². The first-order valence-corrected chi connectivity index (χ1v) is 11.7. The molecule has 0 unspecified atom stereocenters. The van der Waals surface area contributed by atoms with Crippen LogP contribution in [0.15, 0.2) is 102 Å². The lowest BCUT2D eigenvalue weighted by molar-refractivity contribution is 1.35. The smallest absolute Gasteiger partial charge is 0.0620 e. The number of pyridine rings is 1. The molecule has 0 amide bonds. The van der Waals surface area contributed by atoms with Crippen molar-refractivity contribution >= 4 is 86.3 Å². The zero-order valence-electron chi connectivity index (χ0n) is 17.1. The van der Waals surface area contributed by atoms with E-state index in [2.05, 4.69) is 117 Å². The van der Waals surface area contributed by atoms with Crippen LogP contribution in [0.1, 0.15) is 0 Å². The number of aromatic nitrogens is 1. The summed E-state index contributed by atoms with van der Waals surface area (Å²) in [6.07, 6.45) is 0. The molecule has 0 fully saturated rings. The van der Waals surface area contributed by atoms with Crippen molar-refractivity contribution in [1.29, 1.82) is 0 Å². The standard InChI is InChI=1S/C30H16BrN/c31-19-15-24-22-9-3-6-18-7-4-10-26(28(18)22)32-27-14-13-21-20-8-2-1-5-17(20)11-12-23(21)29(27)25(16-19)30(24)32/h1-16H. The largest absolute Gasteiger partial charge is 0.308 e. The van der Waals surface area contributed by atoms with E-state index in [1.807, 2.05) is 0 Å². The first kappa shape index (κ1) is 17.0. The molecule has 1 nitrogen and oxygen atoms in total. The molecule has 0 spiro atoms. The van der Waals surface area contributed by atoms with Gasteiger partial charge in [0.1, 0.15) is 0 Å². The van der Waals surface area contributed by atoms with Crippen molar-refractivity contribution in [2.75, 3.05) is 0 Å². The van der Waals surface area contributed by atoms with Gasteiger partial charge in [0.25, 0.3) is 0 Å². The minimum atomic E-state index is 1.12. The summed E-state index contributed by atoms with van der Waals surface area (Å²) in [5, 5.41) is 13.1. The molecule has 0 aliphatic carbocycles.